The van der Waals surface area contributed by atoms with Crippen LogP contribution in [0.4, 0.5) is 0 Å². The molecule has 0 saturated carbocycles. The molecule has 6 heteroatoms. The summed E-state index contributed by atoms with van der Waals surface area (Å²) in [5.74, 6) is 0.693. The molecule has 0 unspecified atom stereocenters. The van der Waals surface area contributed by atoms with Crippen LogP contribution in [0.5, 0.6) is 5.75 Å². The van der Waals surface area contributed by atoms with E-state index in [2.05, 4.69) is 22.5 Å². The molecule has 1 aliphatic rings. The largest absolute Gasteiger partial charge is 0.497 e. The minimum atomic E-state index is -0.0579. The predicted octanol–water partition coefficient (Wildman–Crippen LogP) is 2.86. The standard InChI is InChI=1S/C18H23N3O2S/c1-12-21-16-5-3-4-15(17(16)24-12)19-10-11-20-18(22)13-6-8-14(23-2)9-7-13/h6-9,15,19H,3-5,10-11H2,1-2H3,(H,20,22)/t15-/m0/s1. The number of thiazole rings is 1. The summed E-state index contributed by atoms with van der Waals surface area (Å²) in [6, 6.07) is 7.51. The van der Waals surface area contributed by atoms with E-state index in [1.54, 1.807) is 42.7 Å². The molecule has 1 aromatic heterocycles. The Kier molecular flexibility index (Phi) is 5.48. The van der Waals surface area contributed by atoms with Gasteiger partial charge in [0, 0.05) is 29.6 Å². The number of methoxy groups -OCH3 is 1. The number of carbonyl (C=O) groups is 1. The molecule has 1 aliphatic carbocycles. The summed E-state index contributed by atoms with van der Waals surface area (Å²) < 4.78 is 5.10. The Morgan fingerprint density at radius 2 is 2.12 bits per heavy atom. The van der Waals surface area contributed by atoms with Crippen molar-refractivity contribution in [2.45, 2.75) is 32.2 Å². The van der Waals surface area contributed by atoms with Crippen molar-refractivity contribution in [1.29, 1.82) is 0 Å². The first-order chi connectivity index (χ1) is 11.7. The number of hydrogen-bond donors (Lipinski definition) is 2. The first-order valence-electron chi connectivity index (χ1n) is 8.29. The van der Waals surface area contributed by atoms with Gasteiger partial charge in [-0.1, -0.05) is 0 Å². The van der Waals surface area contributed by atoms with E-state index >= 15 is 0 Å². The summed E-state index contributed by atoms with van der Waals surface area (Å²) in [6.45, 7) is 3.42. The molecule has 0 saturated heterocycles. The average molecular weight is 345 g/mol. The van der Waals surface area contributed by atoms with Gasteiger partial charge in [0.15, 0.2) is 0 Å². The maximum atomic E-state index is 12.1. The second kappa shape index (κ2) is 7.77. The van der Waals surface area contributed by atoms with Crippen molar-refractivity contribution in [1.82, 2.24) is 15.6 Å². The Morgan fingerprint density at radius 1 is 1.33 bits per heavy atom. The maximum absolute atomic E-state index is 12.1. The fraction of sp³-hybridized carbons (Fsp3) is 0.444. The molecular weight excluding hydrogens is 322 g/mol. The van der Waals surface area contributed by atoms with Gasteiger partial charge in [-0.05, 0) is 50.5 Å². The van der Waals surface area contributed by atoms with Gasteiger partial charge in [0.25, 0.3) is 5.91 Å². The van der Waals surface area contributed by atoms with Gasteiger partial charge in [0.2, 0.25) is 0 Å². The van der Waals surface area contributed by atoms with Crippen LogP contribution in [0.2, 0.25) is 0 Å². The van der Waals surface area contributed by atoms with E-state index in [4.69, 9.17) is 4.74 Å². The number of aryl methyl sites for hydroxylation is 2. The van der Waals surface area contributed by atoms with Crippen molar-refractivity contribution in [3.63, 3.8) is 0 Å². The van der Waals surface area contributed by atoms with E-state index in [9.17, 15) is 4.79 Å². The highest BCUT2D eigenvalue weighted by atomic mass is 32.1. The van der Waals surface area contributed by atoms with Gasteiger partial charge in [-0.2, -0.15) is 0 Å². The van der Waals surface area contributed by atoms with E-state index in [0.29, 0.717) is 18.2 Å². The number of nitrogens with one attached hydrogen (secondary N) is 2. The van der Waals surface area contributed by atoms with Crippen LogP contribution < -0.4 is 15.4 Å². The van der Waals surface area contributed by atoms with Crippen molar-refractivity contribution in [2.24, 2.45) is 0 Å². The zero-order valence-electron chi connectivity index (χ0n) is 14.1. The summed E-state index contributed by atoms with van der Waals surface area (Å²) in [6.07, 6.45) is 3.40. The van der Waals surface area contributed by atoms with Gasteiger partial charge in [-0.3, -0.25) is 4.79 Å². The molecule has 5 nitrogen and oxygen atoms in total. The molecule has 0 spiro atoms. The molecule has 2 N–H and O–H groups in total. The lowest BCUT2D eigenvalue weighted by atomic mass is 9.98. The van der Waals surface area contributed by atoms with Crippen LogP contribution in [-0.4, -0.2) is 31.1 Å². The highest BCUT2D eigenvalue weighted by molar-refractivity contribution is 7.11. The normalized spacial score (nSPS) is 16.5. The van der Waals surface area contributed by atoms with Gasteiger partial charge in [0.1, 0.15) is 5.75 Å². The monoisotopic (exact) mass is 345 g/mol. The molecule has 1 heterocycles. The number of fused-ring (bicyclic) bond motifs is 1. The van der Waals surface area contributed by atoms with E-state index < -0.39 is 0 Å². The quantitative estimate of drug-likeness (QED) is 0.790. The van der Waals surface area contributed by atoms with Gasteiger partial charge in [-0.15, -0.1) is 11.3 Å². The summed E-state index contributed by atoms with van der Waals surface area (Å²) in [5.41, 5.74) is 1.90. The average Bonchev–Trinajstić information content (AvgIpc) is 2.99. The molecule has 0 fully saturated rings. The van der Waals surface area contributed by atoms with Crippen LogP contribution in [-0.2, 0) is 6.42 Å². The molecule has 1 atom stereocenters. The molecule has 1 amide bonds. The third-order valence-corrected chi connectivity index (χ3v) is 5.34. The number of rotatable bonds is 6. The Bertz CT molecular complexity index is 697. The summed E-state index contributed by atoms with van der Waals surface area (Å²) >= 11 is 1.79. The molecule has 3 rings (SSSR count). The van der Waals surface area contributed by atoms with Gasteiger partial charge >= 0.3 is 0 Å². The topological polar surface area (TPSA) is 63.2 Å². The Hall–Kier alpha value is -1.92. The second-order valence-corrected chi connectivity index (χ2v) is 7.16. The molecule has 24 heavy (non-hydrogen) atoms. The SMILES string of the molecule is COc1ccc(C(=O)NCCN[C@H]2CCCc3nc(C)sc32)cc1. The highest BCUT2D eigenvalue weighted by Gasteiger charge is 2.23. The molecule has 1 aromatic carbocycles. The fourth-order valence-corrected chi connectivity index (χ4v) is 4.09. The lowest BCUT2D eigenvalue weighted by Gasteiger charge is -2.22. The highest BCUT2D eigenvalue weighted by Crippen LogP contribution is 2.33. The second-order valence-electron chi connectivity index (χ2n) is 5.93. The van der Waals surface area contributed by atoms with Crippen molar-refractivity contribution in [2.75, 3.05) is 20.2 Å². The maximum Gasteiger partial charge on any atom is 0.251 e. The lowest BCUT2D eigenvalue weighted by molar-refractivity contribution is 0.0953. The molecule has 0 radical (unpaired) electrons. The number of hydrogen-bond acceptors (Lipinski definition) is 5. The number of ether oxygens (including phenoxy) is 1. The zero-order valence-corrected chi connectivity index (χ0v) is 14.9. The number of carbonyl (C=O) groups excluding carboxylic acids is 1. The molecule has 0 bridgehead atoms. The number of nitrogens with zero attached hydrogens (tertiary/aromatic N) is 1. The fourth-order valence-electron chi connectivity index (χ4n) is 3.00. The Morgan fingerprint density at radius 3 is 2.88 bits per heavy atom. The summed E-state index contributed by atoms with van der Waals surface area (Å²) in [7, 11) is 1.61. The summed E-state index contributed by atoms with van der Waals surface area (Å²) in [5, 5.41) is 7.64. The van der Waals surface area contributed by atoms with Crippen LogP contribution in [0, 0.1) is 6.92 Å². The van der Waals surface area contributed by atoms with Gasteiger partial charge in [0.05, 0.1) is 17.8 Å². The van der Waals surface area contributed by atoms with Crippen LogP contribution in [0.1, 0.15) is 44.8 Å². The van der Waals surface area contributed by atoms with Crippen molar-refractivity contribution in [3.05, 3.63) is 45.4 Å². The third kappa shape index (κ3) is 3.94. The van der Waals surface area contributed by atoms with Crippen LogP contribution in [0.15, 0.2) is 24.3 Å². The van der Waals surface area contributed by atoms with E-state index in [-0.39, 0.29) is 5.91 Å². The lowest BCUT2D eigenvalue weighted by Crippen LogP contribution is -2.34. The van der Waals surface area contributed by atoms with Crippen LogP contribution >= 0.6 is 11.3 Å². The van der Waals surface area contributed by atoms with E-state index in [1.807, 2.05) is 0 Å². The van der Waals surface area contributed by atoms with Crippen molar-refractivity contribution in [3.8, 4) is 5.75 Å². The minimum absolute atomic E-state index is 0.0579. The van der Waals surface area contributed by atoms with E-state index in [0.717, 1.165) is 30.1 Å². The zero-order chi connectivity index (χ0) is 16.9. The van der Waals surface area contributed by atoms with Crippen molar-refractivity contribution < 1.29 is 9.53 Å². The Balaban J connectivity index is 1.46. The minimum Gasteiger partial charge on any atom is -0.497 e. The smallest absolute Gasteiger partial charge is 0.251 e. The number of aromatic nitrogens is 1. The predicted molar refractivity (Wildman–Crippen MR) is 95.9 cm³/mol. The van der Waals surface area contributed by atoms with Crippen LogP contribution in [0.25, 0.3) is 0 Å². The van der Waals surface area contributed by atoms with Gasteiger partial charge in [-0.25, -0.2) is 4.98 Å². The third-order valence-electron chi connectivity index (χ3n) is 4.21. The van der Waals surface area contributed by atoms with E-state index in [1.165, 1.54) is 17.0 Å². The molecule has 128 valence electrons. The van der Waals surface area contributed by atoms with Crippen LogP contribution in [0.3, 0.4) is 0 Å². The Labute approximate surface area is 146 Å². The summed E-state index contributed by atoms with van der Waals surface area (Å²) in [4.78, 5) is 18.1. The molecule has 2 aromatic rings. The molecular formula is C18H23N3O2S. The first-order valence-corrected chi connectivity index (χ1v) is 9.11. The number of amides is 1. The molecule has 0 aliphatic heterocycles. The first kappa shape index (κ1) is 16.9. The van der Waals surface area contributed by atoms with Gasteiger partial charge < -0.3 is 15.4 Å². The van der Waals surface area contributed by atoms with Crippen molar-refractivity contribution >= 4 is 17.2 Å². The number of benzene rings is 1.